The molecule has 1 saturated carbocycles. The fourth-order valence-electron chi connectivity index (χ4n) is 3.17. The lowest BCUT2D eigenvalue weighted by molar-refractivity contribution is 0.349. The van der Waals surface area contributed by atoms with Crippen molar-refractivity contribution in [1.29, 1.82) is 0 Å². The quantitative estimate of drug-likeness (QED) is 0.606. The first-order chi connectivity index (χ1) is 8.86. The third kappa shape index (κ3) is 2.27. The van der Waals surface area contributed by atoms with E-state index < -0.39 is 0 Å². The van der Waals surface area contributed by atoms with Crippen molar-refractivity contribution < 1.29 is 0 Å². The second-order valence-electron chi connectivity index (χ2n) is 5.37. The molecule has 0 heterocycles. The van der Waals surface area contributed by atoms with E-state index in [-0.39, 0.29) is 5.38 Å². The van der Waals surface area contributed by atoms with Crippen molar-refractivity contribution >= 4 is 22.4 Å². The molecule has 18 heavy (non-hydrogen) atoms. The lowest BCUT2D eigenvalue weighted by Crippen LogP contribution is -2.12. The van der Waals surface area contributed by atoms with Crippen LogP contribution in [0.2, 0.25) is 0 Å². The Morgan fingerprint density at radius 2 is 1.61 bits per heavy atom. The average molecular weight is 259 g/mol. The van der Waals surface area contributed by atoms with Gasteiger partial charge in [-0.3, -0.25) is 0 Å². The topological polar surface area (TPSA) is 0 Å². The van der Waals surface area contributed by atoms with Gasteiger partial charge in [0.2, 0.25) is 0 Å². The molecule has 1 aliphatic rings. The highest BCUT2D eigenvalue weighted by atomic mass is 35.5. The van der Waals surface area contributed by atoms with E-state index in [0.717, 1.165) is 0 Å². The molecule has 2 aromatic rings. The lowest BCUT2D eigenvalue weighted by Gasteiger charge is -2.27. The van der Waals surface area contributed by atoms with Crippen molar-refractivity contribution in [2.75, 3.05) is 0 Å². The molecule has 0 aromatic heterocycles. The zero-order chi connectivity index (χ0) is 12.4. The van der Waals surface area contributed by atoms with Crippen LogP contribution in [0.15, 0.2) is 42.5 Å². The van der Waals surface area contributed by atoms with Crippen molar-refractivity contribution in [2.45, 2.75) is 37.5 Å². The normalized spacial score (nSPS) is 18.9. The molecule has 0 spiro atoms. The minimum Gasteiger partial charge on any atom is -0.117 e. The van der Waals surface area contributed by atoms with Gasteiger partial charge in [-0.05, 0) is 35.1 Å². The molecule has 0 saturated heterocycles. The average Bonchev–Trinajstić information content (AvgIpc) is 2.47. The Balaban J connectivity index is 1.97. The van der Waals surface area contributed by atoms with E-state index in [1.807, 2.05) is 0 Å². The molecule has 0 bridgehead atoms. The van der Waals surface area contributed by atoms with E-state index in [1.54, 1.807) is 0 Å². The third-order valence-corrected chi connectivity index (χ3v) is 4.78. The number of rotatable bonds is 2. The van der Waals surface area contributed by atoms with E-state index in [2.05, 4.69) is 42.5 Å². The van der Waals surface area contributed by atoms with E-state index in [0.29, 0.717) is 5.92 Å². The molecule has 1 fully saturated rings. The fourth-order valence-corrected chi connectivity index (χ4v) is 3.61. The number of fused-ring (bicyclic) bond motifs is 1. The number of halogens is 1. The summed E-state index contributed by atoms with van der Waals surface area (Å²) in [6.45, 7) is 0. The molecule has 0 amide bonds. The van der Waals surface area contributed by atoms with Crippen LogP contribution in [0, 0.1) is 5.92 Å². The predicted octanol–water partition coefficient (Wildman–Crippen LogP) is 5.70. The van der Waals surface area contributed by atoms with Crippen LogP contribution in [0.25, 0.3) is 10.8 Å². The van der Waals surface area contributed by atoms with Crippen molar-refractivity contribution in [3.05, 3.63) is 48.0 Å². The Morgan fingerprint density at radius 1 is 0.889 bits per heavy atom. The molecule has 0 aliphatic heterocycles. The molecule has 0 nitrogen and oxygen atoms in total. The van der Waals surface area contributed by atoms with Crippen molar-refractivity contribution in [2.24, 2.45) is 5.92 Å². The number of hydrogen-bond donors (Lipinski definition) is 0. The van der Waals surface area contributed by atoms with Crippen molar-refractivity contribution in [1.82, 2.24) is 0 Å². The van der Waals surface area contributed by atoms with Crippen LogP contribution in [-0.4, -0.2) is 0 Å². The van der Waals surface area contributed by atoms with Crippen LogP contribution in [0.4, 0.5) is 0 Å². The highest BCUT2D eigenvalue weighted by Gasteiger charge is 2.24. The highest BCUT2D eigenvalue weighted by molar-refractivity contribution is 6.22. The molecular formula is C17H19Cl. The standard InChI is InChI=1S/C17H19Cl/c18-17(14-8-2-1-3-9-14)16-12-6-10-13-7-4-5-11-15(13)16/h4-7,10-12,14,17H,1-3,8-9H2. The smallest absolute Gasteiger partial charge is 0.0619 e. The molecule has 1 unspecified atom stereocenters. The largest absolute Gasteiger partial charge is 0.117 e. The molecule has 3 rings (SSSR count). The molecule has 2 aromatic carbocycles. The second-order valence-corrected chi connectivity index (χ2v) is 5.84. The van der Waals surface area contributed by atoms with Crippen LogP contribution >= 0.6 is 11.6 Å². The van der Waals surface area contributed by atoms with Gasteiger partial charge < -0.3 is 0 Å². The Bertz CT molecular complexity index is 521. The van der Waals surface area contributed by atoms with Gasteiger partial charge in [-0.25, -0.2) is 0 Å². The van der Waals surface area contributed by atoms with E-state index in [4.69, 9.17) is 11.6 Å². The predicted molar refractivity (Wildman–Crippen MR) is 79.1 cm³/mol. The van der Waals surface area contributed by atoms with Crippen LogP contribution in [0.5, 0.6) is 0 Å². The van der Waals surface area contributed by atoms with Gasteiger partial charge in [0.05, 0.1) is 5.38 Å². The molecular weight excluding hydrogens is 240 g/mol. The second kappa shape index (κ2) is 5.32. The molecule has 1 atom stereocenters. The Hall–Kier alpha value is -1.01. The lowest BCUT2D eigenvalue weighted by atomic mass is 9.83. The summed E-state index contributed by atoms with van der Waals surface area (Å²) < 4.78 is 0. The molecule has 1 aliphatic carbocycles. The first-order valence-electron chi connectivity index (χ1n) is 6.98. The van der Waals surface area contributed by atoms with Gasteiger partial charge in [-0.15, -0.1) is 11.6 Å². The minimum absolute atomic E-state index is 0.177. The number of hydrogen-bond acceptors (Lipinski definition) is 0. The highest BCUT2D eigenvalue weighted by Crippen LogP contribution is 2.40. The maximum absolute atomic E-state index is 6.76. The molecule has 1 heteroatoms. The number of alkyl halides is 1. The minimum atomic E-state index is 0.177. The van der Waals surface area contributed by atoms with Crippen LogP contribution < -0.4 is 0 Å². The van der Waals surface area contributed by atoms with E-state index in [1.165, 1.54) is 48.4 Å². The van der Waals surface area contributed by atoms with Gasteiger partial charge in [0.25, 0.3) is 0 Å². The van der Waals surface area contributed by atoms with E-state index >= 15 is 0 Å². The third-order valence-electron chi connectivity index (χ3n) is 4.18. The summed E-state index contributed by atoms with van der Waals surface area (Å²) in [6.07, 6.45) is 6.65. The summed E-state index contributed by atoms with van der Waals surface area (Å²) in [5, 5.41) is 2.80. The first-order valence-corrected chi connectivity index (χ1v) is 7.41. The molecule has 0 radical (unpaired) electrons. The summed E-state index contributed by atoms with van der Waals surface area (Å²) in [4.78, 5) is 0. The van der Waals surface area contributed by atoms with Gasteiger partial charge in [0, 0.05) is 0 Å². The summed E-state index contributed by atoms with van der Waals surface area (Å²) in [6, 6.07) is 15.1. The van der Waals surface area contributed by atoms with Crippen LogP contribution in [-0.2, 0) is 0 Å². The van der Waals surface area contributed by atoms with Crippen molar-refractivity contribution in [3.8, 4) is 0 Å². The zero-order valence-corrected chi connectivity index (χ0v) is 11.4. The van der Waals surface area contributed by atoms with E-state index in [9.17, 15) is 0 Å². The summed E-state index contributed by atoms with van der Waals surface area (Å²) in [5.41, 5.74) is 1.32. The van der Waals surface area contributed by atoms with Crippen molar-refractivity contribution in [3.63, 3.8) is 0 Å². The monoisotopic (exact) mass is 258 g/mol. The van der Waals surface area contributed by atoms with Gasteiger partial charge in [-0.1, -0.05) is 61.7 Å². The SMILES string of the molecule is ClC(c1cccc2ccccc12)C1CCCCC1. The van der Waals surface area contributed by atoms with Crippen LogP contribution in [0.1, 0.15) is 43.0 Å². The first kappa shape index (κ1) is 12.0. The fraction of sp³-hybridized carbons (Fsp3) is 0.412. The van der Waals surface area contributed by atoms with Gasteiger partial charge in [0.1, 0.15) is 0 Å². The Kier molecular flexibility index (Phi) is 3.56. The Labute approximate surface area is 114 Å². The van der Waals surface area contributed by atoms with Gasteiger partial charge >= 0.3 is 0 Å². The summed E-state index contributed by atoms with van der Waals surface area (Å²) >= 11 is 6.76. The van der Waals surface area contributed by atoms with Crippen LogP contribution in [0.3, 0.4) is 0 Å². The summed E-state index contributed by atoms with van der Waals surface area (Å²) in [5.74, 6) is 0.659. The maximum atomic E-state index is 6.76. The maximum Gasteiger partial charge on any atom is 0.0619 e. The number of benzene rings is 2. The van der Waals surface area contributed by atoms with Gasteiger partial charge in [0.15, 0.2) is 0 Å². The Morgan fingerprint density at radius 3 is 2.44 bits per heavy atom. The van der Waals surface area contributed by atoms with Gasteiger partial charge in [-0.2, -0.15) is 0 Å². The zero-order valence-electron chi connectivity index (χ0n) is 10.6. The molecule has 94 valence electrons. The summed E-state index contributed by atoms with van der Waals surface area (Å²) in [7, 11) is 0. The molecule has 0 N–H and O–H groups in total.